The normalized spacial score (nSPS) is 27.6. The SMILES string of the molecule is CCC1CN(C(=O)COC2(C)CNC2)CCO1. The molecule has 0 aliphatic carbocycles. The fraction of sp³-hybridized carbons (Fsp3) is 0.917. The Labute approximate surface area is 102 Å². The third kappa shape index (κ3) is 3.18. The van der Waals surface area contributed by atoms with Gasteiger partial charge >= 0.3 is 0 Å². The Hall–Kier alpha value is -0.650. The van der Waals surface area contributed by atoms with Crippen LogP contribution in [0.1, 0.15) is 20.3 Å². The number of carbonyl (C=O) groups excluding carboxylic acids is 1. The Kier molecular flexibility index (Phi) is 4.01. The molecule has 0 radical (unpaired) electrons. The quantitative estimate of drug-likeness (QED) is 0.754. The molecule has 0 spiro atoms. The van der Waals surface area contributed by atoms with Crippen molar-refractivity contribution < 1.29 is 14.3 Å². The maximum absolute atomic E-state index is 12.0. The minimum Gasteiger partial charge on any atom is -0.375 e. The summed E-state index contributed by atoms with van der Waals surface area (Å²) in [6, 6.07) is 0. The highest BCUT2D eigenvalue weighted by atomic mass is 16.5. The van der Waals surface area contributed by atoms with Gasteiger partial charge in [-0.05, 0) is 13.3 Å². The van der Waals surface area contributed by atoms with Gasteiger partial charge in [-0.2, -0.15) is 0 Å². The highest BCUT2D eigenvalue weighted by Crippen LogP contribution is 2.16. The van der Waals surface area contributed by atoms with Gasteiger partial charge in [0.05, 0.1) is 18.3 Å². The maximum Gasteiger partial charge on any atom is 0.248 e. The van der Waals surface area contributed by atoms with E-state index in [0.717, 1.165) is 19.5 Å². The Morgan fingerprint density at radius 1 is 1.59 bits per heavy atom. The number of ether oxygens (including phenoxy) is 2. The van der Waals surface area contributed by atoms with Gasteiger partial charge in [0.1, 0.15) is 6.61 Å². The zero-order valence-corrected chi connectivity index (χ0v) is 10.7. The van der Waals surface area contributed by atoms with Crippen LogP contribution in [0.25, 0.3) is 0 Å². The molecule has 17 heavy (non-hydrogen) atoms. The lowest BCUT2D eigenvalue weighted by Gasteiger charge is -2.39. The van der Waals surface area contributed by atoms with Crippen molar-refractivity contribution in [1.82, 2.24) is 10.2 Å². The molecule has 0 aromatic carbocycles. The average Bonchev–Trinajstić information content (AvgIpc) is 2.33. The van der Waals surface area contributed by atoms with Crippen LogP contribution in [0.15, 0.2) is 0 Å². The third-order valence-corrected chi connectivity index (χ3v) is 3.49. The van der Waals surface area contributed by atoms with Crippen molar-refractivity contribution >= 4 is 5.91 Å². The van der Waals surface area contributed by atoms with E-state index in [9.17, 15) is 4.79 Å². The van der Waals surface area contributed by atoms with Crippen LogP contribution in [0.4, 0.5) is 0 Å². The molecule has 2 aliphatic heterocycles. The van der Waals surface area contributed by atoms with Gasteiger partial charge in [-0.25, -0.2) is 0 Å². The molecule has 2 heterocycles. The smallest absolute Gasteiger partial charge is 0.248 e. The fourth-order valence-electron chi connectivity index (χ4n) is 2.10. The van der Waals surface area contributed by atoms with Crippen molar-refractivity contribution in [2.75, 3.05) is 39.4 Å². The number of hydrogen-bond acceptors (Lipinski definition) is 4. The summed E-state index contributed by atoms with van der Waals surface area (Å²) in [4.78, 5) is 13.8. The predicted octanol–water partition coefficient (Wildman–Crippen LogP) is 0.00230. The number of nitrogens with one attached hydrogen (secondary N) is 1. The molecule has 1 atom stereocenters. The molecule has 2 aliphatic rings. The van der Waals surface area contributed by atoms with Gasteiger partial charge in [0.15, 0.2) is 0 Å². The van der Waals surface area contributed by atoms with E-state index < -0.39 is 0 Å². The van der Waals surface area contributed by atoms with Crippen LogP contribution < -0.4 is 5.32 Å². The van der Waals surface area contributed by atoms with Crippen molar-refractivity contribution in [1.29, 1.82) is 0 Å². The van der Waals surface area contributed by atoms with Crippen LogP contribution >= 0.6 is 0 Å². The van der Waals surface area contributed by atoms with Crippen molar-refractivity contribution in [3.63, 3.8) is 0 Å². The van der Waals surface area contributed by atoms with Gasteiger partial charge in [-0.1, -0.05) is 6.92 Å². The van der Waals surface area contributed by atoms with Gasteiger partial charge in [-0.15, -0.1) is 0 Å². The summed E-state index contributed by atoms with van der Waals surface area (Å²) in [7, 11) is 0. The highest BCUT2D eigenvalue weighted by Gasteiger charge is 2.34. The number of hydrogen-bond donors (Lipinski definition) is 1. The van der Waals surface area contributed by atoms with Crippen molar-refractivity contribution in [3.8, 4) is 0 Å². The molecule has 2 fully saturated rings. The average molecular weight is 242 g/mol. The number of nitrogens with zero attached hydrogens (tertiary/aromatic N) is 1. The van der Waals surface area contributed by atoms with Crippen LogP contribution in [0.5, 0.6) is 0 Å². The summed E-state index contributed by atoms with van der Waals surface area (Å²) in [6.45, 7) is 8.00. The summed E-state index contributed by atoms with van der Waals surface area (Å²) in [5.74, 6) is 0.0832. The van der Waals surface area contributed by atoms with Crippen LogP contribution in [-0.2, 0) is 14.3 Å². The van der Waals surface area contributed by atoms with Gasteiger partial charge in [0.2, 0.25) is 5.91 Å². The number of morpholine rings is 1. The molecule has 0 aromatic heterocycles. The summed E-state index contributed by atoms with van der Waals surface area (Å²) < 4.78 is 11.2. The molecule has 5 heteroatoms. The van der Waals surface area contributed by atoms with Gasteiger partial charge in [0, 0.05) is 26.2 Å². The van der Waals surface area contributed by atoms with E-state index in [0.29, 0.717) is 19.7 Å². The lowest BCUT2D eigenvalue weighted by Crippen LogP contribution is -2.60. The summed E-state index contributed by atoms with van der Waals surface area (Å²) in [5.41, 5.74) is -0.147. The third-order valence-electron chi connectivity index (χ3n) is 3.49. The Balaban J connectivity index is 1.75. The maximum atomic E-state index is 12.0. The molecule has 0 saturated carbocycles. The minimum absolute atomic E-state index is 0.0832. The topological polar surface area (TPSA) is 50.8 Å². The fourth-order valence-corrected chi connectivity index (χ4v) is 2.10. The standard InChI is InChI=1S/C12H22N2O3/c1-3-10-6-14(4-5-16-10)11(15)7-17-12(2)8-13-9-12/h10,13H,3-9H2,1-2H3. The zero-order valence-electron chi connectivity index (χ0n) is 10.7. The molecule has 2 saturated heterocycles. The number of amides is 1. The van der Waals surface area contributed by atoms with E-state index in [2.05, 4.69) is 12.2 Å². The Morgan fingerprint density at radius 3 is 2.94 bits per heavy atom. The second-order valence-electron chi connectivity index (χ2n) is 5.08. The lowest BCUT2D eigenvalue weighted by molar-refractivity contribution is -0.152. The molecule has 0 aromatic rings. The van der Waals surface area contributed by atoms with E-state index in [1.807, 2.05) is 11.8 Å². The zero-order chi connectivity index (χ0) is 12.3. The number of rotatable bonds is 4. The Morgan fingerprint density at radius 2 is 2.35 bits per heavy atom. The molecule has 2 rings (SSSR count). The van der Waals surface area contributed by atoms with E-state index in [1.54, 1.807) is 0 Å². The van der Waals surface area contributed by atoms with Crippen LogP contribution in [-0.4, -0.2) is 61.9 Å². The molecule has 1 amide bonds. The first-order valence-electron chi connectivity index (χ1n) is 6.37. The van der Waals surface area contributed by atoms with E-state index >= 15 is 0 Å². The van der Waals surface area contributed by atoms with E-state index in [4.69, 9.17) is 9.47 Å². The van der Waals surface area contributed by atoms with Crippen LogP contribution in [0, 0.1) is 0 Å². The van der Waals surface area contributed by atoms with Gasteiger partial charge in [-0.3, -0.25) is 4.79 Å². The minimum atomic E-state index is -0.147. The van der Waals surface area contributed by atoms with Crippen molar-refractivity contribution in [2.24, 2.45) is 0 Å². The van der Waals surface area contributed by atoms with E-state index in [-0.39, 0.29) is 24.2 Å². The predicted molar refractivity (Wildman–Crippen MR) is 63.8 cm³/mol. The van der Waals surface area contributed by atoms with Crippen molar-refractivity contribution in [3.05, 3.63) is 0 Å². The van der Waals surface area contributed by atoms with Crippen LogP contribution in [0.2, 0.25) is 0 Å². The summed E-state index contributed by atoms with van der Waals surface area (Å²) in [5, 5.41) is 3.15. The molecule has 5 nitrogen and oxygen atoms in total. The monoisotopic (exact) mass is 242 g/mol. The summed E-state index contributed by atoms with van der Waals surface area (Å²) >= 11 is 0. The highest BCUT2D eigenvalue weighted by molar-refractivity contribution is 5.77. The Bertz CT molecular complexity index is 279. The summed E-state index contributed by atoms with van der Waals surface area (Å²) in [6.07, 6.45) is 1.14. The van der Waals surface area contributed by atoms with Gasteiger partial charge in [0.25, 0.3) is 0 Å². The molecular weight excluding hydrogens is 220 g/mol. The first kappa shape index (κ1) is 12.8. The van der Waals surface area contributed by atoms with Gasteiger partial charge < -0.3 is 19.7 Å². The van der Waals surface area contributed by atoms with Crippen LogP contribution in [0.3, 0.4) is 0 Å². The molecule has 1 unspecified atom stereocenters. The first-order valence-corrected chi connectivity index (χ1v) is 6.37. The molecule has 0 bridgehead atoms. The lowest BCUT2D eigenvalue weighted by atomic mass is 10.0. The molecular formula is C12H22N2O3. The first-order chi connectivity index (χ1) is 8.13. The largest absolute Gasteiger partial charge is 0.375 e. The van der Waals surface area contributed by atoms with E-state index in [1.165, 1.54) is 0 Å². The molecule has 1 N–H and O–H groups in total. The number of carbonyl (C=O) groups is 1. The molecule has 98 valence electrons. The van der Waals surface area contributed by atoms with Crippen molar-refractivity contribution in [2.45, 2.75) is 32.0 Å². The second kappa shape index (κ2) is 5.33. The second-order valence-corrected chi connectivity index (χ2v) is 5.08.